The molecule has 1 heterocycles. The lowest BCUT2D eigenvalue weighted by atomic mass is 10.1. The van der Waals surface area contributed by atoms with Gasteiger partial charge in [-0.05, 0) is 12.1 Å². The number of imide groups is 1. The largest absolute Gasteiger partial charge is 0.507 e. The first-order chi connectivity index (χ1) is 7.70. The lowest BCUT2D eigenvalue weighted by molar-refractivity contribution is 0.0879. The van der Waals surface area contributed by atoms with Crippen LogP contribution in [0.2, 0.25) is 0 Å². The first-order valence-corrected chi connectivity index (χ1v) is 6.15. The zero-order valence-corrected chi connectivity index (χ0v) is 9.48. The molecule has 7 nitrogen and oxygen atoms in total. The van der Waals surface area contributed by atoms with Crippen LogP contribution in [0.1, 0.15) is 20.7 Å². The van der Waals surface area contributed by atoms with Crippen LogP contribution >= 0.6 is 0 Å². The summed E-state index contributed by atoms with van der Waals surface area (Å²) in [4.78, 5) is 22.0. The number of nitrogens with one attached hydrogen (secondary N) is 1. The highest BCUT2D eigenvalue weighted by Gasteiger charge is 2.28. The number of phenols is 1. The second kappa shape index (κ2) is 4.52. The molecule has 0 aromatic heterocycles. The molecule has 0 spiro atoms. The zero-order chi connectivity index (χ0) is 13.2. The number of carbonyl (C=O) groups excluding carboxylic acids is 2. The molecular weight excluding hydrogens is 250 g/mol. The Hall–Kier alpha value is -1.93. The van der Waals surface area contributed by atoms with E-state index in [4.69, 9.17) is 4.55 Å². The van der Waals surface area contributed by atoms with Gasteiger partial charge in [-0.2, -0.15) is 8.42 Å². The van der Waals surface area contributed by atoms with Crippen molar-refractivity contribution in [3.63, 3.8) is 0 Å². The van der Waals surface area contributed by atoms with Crippen LogP contribution in [0.25, 0.3) is 0 Å². The molecule has 0 unspecified atom stereocenters. The van der Waals surface area contributed by atoms with Gasteiger partial charge >= 0.3 is 0 Å². The highest BCUT2D eigenvalue weighted by atomic mass is 32.2. The van der Waals surface area contributed by atoms with Crippen LogP contribution < -0.4 is 5.32 Å². The van der Waals surface area contributed by atoms with Crippen LogP contribution in [-0.4, -0.2) is 36.1 Å². The number of rotatable bonds is 0. The van der Waals surface area contributed by atoms with E-state index in [0.29, 0.717) is 6.26 Å². The Balaban J connectivity index is 0.000000249. The second-order valence-corrected chi connectivity index (χ2v) is 4.68. The molecule has 0 fully saturated rings. The number of fused-ring (bicyclic) bond motifs is 1. The maximum Gasteiger partial charge on any atom is 0.262 e. The number of aromatic hydroxyl groups is 1. The Bertz CT molecular complexity index is 569. The monoisotopic (exact) mass is 259 g/mol. The van der Waals surface area contributed by atoms with Gasteiger partial charge in [0.05, 0.1) is 17.4 Å². The SMILES string of the molecule is CS(=O)(=O)O.O=C1NC(=O)c2c(O)cccc21. The molecule has 2 amide bonds. The van der Waals surface area contributed by atoms with Crippen molar-refractivity contribution in [2.75, 3.05) is 6.26 Å². The van der Waals surface area contributed by atoms with Crippen molar-refractivity contribution in [2.45, 2.75) is 0 Å². The summed E-state index contributed by atoms with van der Waals surface area (Å²) in [5.74, 6) is -1.14. The summed E-state index contributed by atoms with van der Waals surface area (Å²) in [5.41, 5.74) is 0.308. The number of phenolic OH excluding ortho intramolecular Hbond substituents is 1. The first kappa shape index (κ1) is 13.1. The number of benzene rings is 1. The highest BCUT2D eigenvalue weighted by molar-refractivity contribution is 7.85. The Morgan fingerprint density at radius 2 is 1.71 bits per heavy atom. The second-order valence-electron chi connectivity index (χ2n) is 3.22. The Labute approximate surface area is 96.8 Å². The lowest BCUT2D eigenvalue weighted by Crippen LogP contribution is -2.19. The third-order valence-corrected chi connectivity index (χ3v) is 1.74. The van der Waals surface area contributed by atoms with Crippen LogP contribution in [0.3, 0.4) is 0 Å². The maximum atomic E-state index is 11.0. The van der Waals surface area contributed by atoms with E-state index < -0.39 is 21.9 Å². The smallest absolute Gasteiger partial charge is 0.262 e. The molecular formula is C9H9NO6S. The standard InChI is InChI=1S/C8H5NO3.CH4O3S/c10-5-3-1-2-4-6(5)8(12)9-7(4)11;1-5(2,3)4/h1-3,10H,(H,9,11,12);1H3,(H,2,3,4). The summed E-state index contributed by atoms with van der Waals surface area (Å²) in [6, 6.07) is 4.39. The van der Waals surface area contributed by atoms with Crippen LogP contribution in [0.4, 0.5) is 0 Å². The van der Waals surface area contributed by atoms with E-state index >= 15 is 0 Å². The van der Waals surface area contributed by atoms with Gasteiger partial charge < -0.3 is 5.11 Å². The quantitative estimate of drug-likeness (QED) is 0.437. The Kier molecular flexibility index (Phi) is 3.49. The molecule has 1 aromatic carbocycles. The van der Waals surface area contributed by atoms with Crippen LogP contribution in [-0.2, 0) is 10.1 Å². The minimum absolute atomic E-state index is 0.0718. The molecule has 0 radical (unpaired) electrons. The molecule has 1 aliphatic heterocycles. The maximum absolute atomic E-state index is 11.0. The van der Waals surface area contributed by atoms with E-state index in [9.17, 15) is 23.1 Å². The van der Waals surface area contributed by atoms with E-state index in [1.165, 1.54) is 18.2 Å². The normalized spacial score (nSPS) is 13.5. The molecule has 8 heteroatoms. The van der Waals surface area contributed by atoms with Gasteiger partial charge in [-0.3, -0.25) is 19.5 Å². The van der Waals surface area contributed by atoms with Crippen molar-refractivity contribution >= 4 is 21.9 Å². The van der Waals surface area contributed by atoms with Gasteiger partial charge in [0.1, 0.15) is 5.75 Å². The average Bonchev–Trinajstić information content (AvgIpc) is 2.41. The summed E-state index contributed by atoms with van der Waals surface area (Å²) >= 11 is 0. The topological polar surface area (TPSA) is 121 Å². The van der Waals surface area contributed by atoms with Crippen molar-refractivity contribution in [2.24, 2.45) is 0 Å². The van der Waals surface area contributed by atoms with Gasteiger partial charge in [0, 0.05) is 0 Å². The van der Waals surface area contributed by atoms with Gasteiger partial charge in [0.25, 0.3) is 21.9 Å². The van der Waals surface area contributed by atoms with E-state index in [1.807, 2.05) is 0 Å². The minimum atomic E-state index is -3.67. The molecule has 0 bridgehead atoms. The van der Waals surface area contributed by atoms with Gasteiger partial charge in [-0.25, -0.2) is 0 Å². The van der Waals surface area contributed by atoms with E-state index in [-0.39, 0.29) is 16.9 Å². The van der Waals surface area contributed by atoms with Gasteiger partial charge in [-0.15, -0.1) is 0 Å². The lowest BCUT2D eigenvalue weighted by Gasteiger charge is -1.95. The number of amides is 2. The Morgan fingerprint density at radius 1 is 1.18 bits per heavy atom. The van der Waals surface area contributed by atoms with Crippen LogP contribution in [0.5, 0.6) is 5.75 Å². The summed E-state index contributed by atoms with van der Waals surface area (Å²) in [5, 5.41) is 11.3. The van der Waals surface area contributed by atoms with E-state index in [2.05, 4.69) is 5.32 Å². The van der Waals surface area contributed by atoms with E-state index in [0.717, 1.165) is 0 Å². The van der Waals surface area contributed by atoms with Crippen molar-refractivity contribution < 1.29 is 27.7 Å². The fourth-order valence-corrected chi connectivity index (χ4v) is 1.20. The molecule has 0 saturated carbocycles. The Morgan fingerprint density at radius 3 is 2.18 bits per heavy atom. The third-order valence-electron chi connectivity index (χ3n) is 1.74. The average molecular weight is 259 g/mol. The summed E-state index contributed by atoms with van der Waals surface area (Å²) in [6.07, 6.45) is 0.715. The molecule has 17 heavy (non-hydrogen) atoms. The summed E-state index contributed by atoms with van der Waals surface area (Å²) < 4.78 is 25.9. The molecule has 0 saturated heterocycles. The molecule has 92 valence electrons. The summed E-state index contributed by atoms with van der Waals surface area (Å²) in [7, 11) is -3.67. The molecule has 0 atom stereocenters. The fourth-order valence-electron chi connectivity index (χ4n) is 1.20. The minimum Gasteiger partial charge on any atom is -0.507 e. The third kappa shape index (κ3) is 3.54. The van der Waals surface area contributed by atoms with Crippen molar-refractivity contribution in [1.29, 1.82) is 0 Å². The number of carbonyl (C=O) groups is 2. The first-order valence-electron chi connectivity index (χ1n) is 4.30. The summed E-state index contributed by atoms with van der Waals surface area (Å²) in [6.45, 7) is 0. The van der Waals surface area contributed by atoms with Gasteiger partial charge in [0.15, 0.2) is 0 Å². The van der Waals surface area contributed by atoms with Crippen LogP contribution in [0.15, 0.2) is 18.2 Å². The van der Waals surface area contributed by atoms with Crippen molar-refractivity contribution in [1.82, 2.24) is 5.32 Å². The fraction of sp³-hybridized carbons (Fsp3) is 0.111. The van der Waals surface area contributed by atoms with Crippen LogP contribution in [0, 0.1) is 0 Å². The number of hydrogen-bond donors (Lipinski definition) is 3. The number of hydrogen-bond acceptors (Lipinski definition) is 5. The molecule has 1 aliphatic rings. The van der Waals surface area contributed by atoms with E-state index in [1.54, 1.807) is 0 Å². The predicted molar refractivity (Wildman–Crippen MR) is 57.4 cm³/mol. The van der Waals surface area contributed by atoms with Gasteiger partial charge in [0.2, 0.25) is 0 Å². The molecule has 1 aromatic rings. The predicted octanol–water partition coefficient (Wildman–Crippen LogP) is -0.220. The molecule has 0 aliphatic carbocycles. The molecule has 2 rings (SSSR count). The van der Waals surface area contributed by atoms with Gasteiger partial charge in [-0.1, -0.05) is 6.07 Å². The van der Waals surface area contributed by atoms with Crippen molar-refractivity contribution in [3.8, 4) is 5.75 Å². The zero-order valence-electron chi connectivity index (χ0n) is 8.67. The van der Waals surface area contributed by atoms with Crippen molar-refractivity contribution in [3.05, 3.63) is 29.3 Å². The highest BCUT2D eigenvalue weighted by Crippen LogP contribution is 2.24. The molecule has 3 N–H and O–H groups in total.